The quantitative estimate of drug-likeness (QED) is 0.702. The van der Waals surface area contributed by atoms with Gasteiger partial charge in [0.1, 0.15) is 5.69 Å². The lowest BCUT2D eigenvalue weighted by Gasteiger charge is -2.23. The van der Waals surface area contributed by atoms with E-state index in [2.05, 4.69) is 15.5 Å². The van der Waals surface area contributed by atoms with E-state index in [4.69, 9.17) is 4.52 Å². The molecule has 1 fully saturated rings. The van der Waals surface area contributed by atoms with Gasteiger partial charge in [0, 0.05) is 50.8 Å². The number of aryl methyl sites for hydroxylation is 1. The Balaban J connectivity index is 1.48. The van der Waals surface area contributed by atoms with Crippen molar-refractivity contribution in [1.82, 2.24) is 24.9 Å². The van der Waals surface area contributed by atoms with Gasteiger partial charge in [0.05, 0.1) is 0 Å². The molecule has 1 aromatic carbocycles. The number of carbonyl (C=O) groups excluding carboxylic acids is 2. The lowest BCUT2D eigenvalue weighted by molar-refractivity contribution is -0.121. The molecule has 2 amide bonds. The van der Waals surface area contributed by atoms with Crippen molar-refractivity contribution in [3.8, 4) is 11.4 Å². The lowest BCUT2D eigenvalue weighted by atomic mass is 9.99. The summed E-state index contributed by atoms with van der Waals surface area (Å²) in [6, 6.07) is 13.4. The number of nitrogens with one attached hydrogen (secondary N) is 1. The van der Waals surface area contributed by atoms with Crippen LogP contribution in [0.3, 0.4) is 0 Å². The van der Waals surface area contributed by atoms with Gasteiger partial charge >= 0.3 is 0 Å². The van der Waals surface area contributed by atoms with E-state index in [1.165, 1.54) is 0 Å². The minimum absolute atomic E-state index is 0.0235. The number of aromatic nitrogens is 3. The SMILES string of the molecule is Cn1cccc1C(=O)N1CCCC(c2nc(-c3ccccc3)no2)CCNC(=O)CC1. The summed E-state index contributed by atoms with van der Waals surface area (Å²) >= 11 is 0. The molecule has 1 unspecified atom stereocenters. The van der Waals surface area contributed by atoms with Gasteiger partial charge in [-0.15, -0.1) is 0 Å². The molecule has 4 rings (SSSR count). The first-order chi connectivity index (χ1) is 15.1. The van der Waals surface area contributed by atoms with Crippen molar-refractivity contribution in [2.45, 2.75) is 31.6 Å². The first kappa shape index (κ1) is 20.8. The molecule has 0 spiro atoms. The molecule has 0 saturated carbocycles. The van der Waals surface area contributed by atoms with Crippen molar-refractivity contribution in [1.29, 1.82) is 0 Å². The van der Waals surface area contributed by atoms with Crippen LogP contribution in [0.2, 0.25) is 0 Å². The third kappa shape index (κ3) is 5.02. The number of rotatable bonds is 3. The molecule has 2 aromatic heterocycles. The van der Waals surface area contributed by atoms with E-state index in [0.29, 0.717) is 49.9 Å². The van der Waals surface area contributed by atoms with Gasteiger partial charge < -0.3 is 19.3 Å². The first-order valence-corrected chi connectivity index (χ1v) is 10.7. The Hall–Kier alpha value is -3.42. The average Bonchev–Trinajstić information content (AvgIpc) is 3.43. The Labute approximate surface area is 181 Å². The van der Waals surface area contributed by atoms with E-state index in [1.807, 2.05) is 49.6 Å². The fourth-order valence-electron chi connectivity index (χ4n) is 3.90. The van der Waals surface area contributed by atoms with Crippen LogP contribution >= 0.6 is 0 Å². The van der Waals surface area contributed by atoms with Gasteiger partial charge in [0.2, 0.25) is 17.6 Å². The van der Waals surface area contributed by atoms with Gasteiger partial charge in [-0.25, -0.2) is 0 Å². The predicted octanol–water partition coefficient (Wildman–Crippen LogP) is 2.99. The minimum atomic E-state index is -0.0553. The van der Waals surface area contributed by atoms with E-state index in [9.17, 15) is 9.59 Å². The number of carbonyl (C=O) groups is 2. The van der Waals surface area contributed by atoms with E-state index >= 15 is 0 Å². The third-order valence-corrected chi connectivity index (χ3v) is 5.68. The van der Waals surface area contributed by atoms with Crippen molar-refractivity contribution < 1.29 is 14.1 Å². The number of hydrogen-bond acceptors (Lipinski definition) is 5. The number of benzene rings is 1. The van der Waals surface area contributed by atoms with Crippen molar-refractivity contribution in [3.63, 3.8) is 0 Å². The van der Waals surface area contributed by atoms with Crippen LogP contribution in [0, 0.1) is 0 Å². The molecule has 31 heavy (non-hydrogen) atoms. The van der Waals surface area contributed by atoms with Gasteiger partial charge in [-0.1, -0.05) is 35.5 Å². The first-order valence-electron chi connectivity index (χ1n) is 10.7. The molecule has 1 saturated heterocycles. The zero-order valence-electron chi connectivity index (χ0n) is 17.7. The van der Waals surface area contributed by atoms with Crippen LogP contribution in [0.5, 0.6) is 0 Å². The van der Waals surface area contributed by atoms with E-state index in [1.54, 1.807) is 15.5 Å². The van der Waals surface area contributed by atoms with Crippen LogP contribution in [0.1, 0.15) is 48.0 Å². The van der Waals surface area contributed by atoms with Crippen LogP contribution in [0.15, 0.2) is 53.2 Å². The van der Waals surface area contributed by atoms with Crippen LogP contribution in [-0.2, 0) is 11.8 Å². The summed E-state index contributed by atoms with van der Waals surface area (Å²) in [7, 11) is 1.85. The molecule has 0 radical (unpaired) electrons. The lowest BCUT2D eigenvalue weighted by Crippen LogP contribution is -2.36. The molecule has 1 aliphatic heterocycles. The normalized spacial score (nSPS) is 18.3. The fourth-order valence-corrected chi connectivity index (χ4v) is 3.90. The molecule has 1 atom stereocenters. The smallest absolute Gasteiger partial charge is 0.270 e. The number of hydrogen-bond donors (Lipinski definition) is 1. The van der Waals surface area contributed by atoms with Gasteiger partial charge in [0.15, 0.2) is 0 Å². The Morgan fingerprint density at radius 2 is 1.97 bits per heavy atom. The van der Waals surface area contributed by atoms with Gasteiger partial charge in [-0.2, -0.15) is 4.98 Å². The van der Waals surface area contributed by atoms with Gasteiger partial charge in [0.25, 0.3) is 5.91 Å². The summed E-state index contributed by atoms with van der Waals surface area (Å²) in [6.45, 7) is 1.52. The summed E-state index contributed by atoms with van der Waals surface area (Å²) < 4.78 is 7.38. The topological polar surface area (TPSA) is 93.3 Å². The highest BCUT2D eigenvalue weighted by Gasteiger charge is 2.24. The minimum Gasteiger partial charge on any atom is -0.356 e. The molecule has 8 heteroatoms. The molecule has 3 heterocycles. The molecule has 0 aliphatic carbocycles. The molecule has 162 valence electrons. The summed E-state index contributed by atoms with van der Waals surface area (Å²) in [5.41, 5.74) is 1.53. The second kappa shape index (κ2) is 9.59. The highest BCUT2D eigenvalue weighted by atomic mass is 16.5. The Morgan fingerprint density at radius 3 is 2.74 bits per heavy atom. The van der Waals surface area contributed by atoms with E-state index in [-0.39, 0.29) is 17.7 Å². The summed E-state index contributed by atoms with van der Waals surface area (Å²) in [5.74, 6) is 1.05. The van der Waals surface area contributed by atoms with Crippen molar-refractivity contribution in [2.75, 3.05) is 19.6 Å². The van der Waals surface area contributed by atoms with Crippen LogP contribution < -0.4 is 5.32 Å². The van der Waals surface area contributed by atoms with Gasteiger partial charge in [-0.05, 0) is 31.4 Å². The van der Waals surface area contributed by atoms with Crippen molar-refractivity contribution in [2.24, 2.45) is 7.05 Å². The maximum absolute atomic E-state index is 13.0. The zero-order valence-corrected chi connectivity index (χ0v) is 17.7. The molecular weight excluding hydrogens is 394 g/mol. The predicted molar refractivity (Wildman–Crippen MR) is 115 cm³/mol. The summed E-state index contributed by atoms with van der Waals surface area (Å²) in [6.07, 6.45) is 4.44. The zero-order chi connectivity index (χ0) is 21.6. The van der Waals surface area contributed by atoms with Crippen LogP contribution in [0.4, 0.5) is 0 Å². The maximum Gasteiger partial charge on any atom is 0.270 e. The largest absolute Gasteiger partial charge is 0.356 e. The Kier molecular flexibility index (Phi) is 6.45. The fraction of sp³-hybridized carbons (Fsp3) is 0.391. The Morgan fingerprint density at radius 1 is 1.13 bits per heavy atom. The molecule has 1 N–H and O–H groups in total. The monoisotopic (exact) mass is 421 g/mol. The second-order valence-electron chi connectivity index (χ2n) is 7.85. The molecule has 3 aromatic rings. The second-order valence-corrected chi connectivity index (χ2v) is 7.85. The van der Waals surface area contributed by atoms with Crippen LogP contribution in [0.25, 0.3) is 11.4 Å². The molecule has 8 nitrogen and oxygen atoms in total. The standard InChI is InChI=1S/C23H27N5O3/c1-27-14-6-10-19(27)23(30)28-15-5-9-18(11-13-24-20(29)12-16-28)22-25-21(26-31-22)17-7-3-2-4-8-17/h2-4,6-8,10,14,18H,5,9,11-13,15-16H2,1H3,(H,24,29). The van der Waals surface area contributed by atoms with Gasteiger partial charge in [-0.3, -0.25) is 9.59 Å². The summed E-state index contributed by atoms with van der Waals surface area (Å²) in [5, 5.41) is 7.09. The molecule has 0 bridgehead atoms. The van der Waals surface area contributed by atoms with E-state index in [0.717, 1.165) is 18.4 Å². The number of amides is 2. The third-order valence-electron chi connectivity index (χ3n) is 5.68. The average molecular weight is 422 g/mol. The maximum atomic E-state index is 13.0. The van der Waals surface area contributed by atoms with Crippen LogP contribution in [-0.4, -0.2) is 51.1 Å². The molecule has 1 aliphatic rings. The molecular formula is C23H27N5O3. The highest BCUT2D eigenvalue weighted by Crippen LogP contribution is 2.26. The van der Waals surface area contributed by atoms with Crippen molar-refractivity contribution in [3.05, 3.63) is 60.2 Å². The number of nitrogens with zero attached hydrogens (tertiary/aromatic N) is 4. The summed E-state index contributed by atoms with van der Waals surface area (Å²) in [4.78, 5) is 31.6. The highest BCUT2D eigenvalue weighted by molar-refractivity contribution is 5.93. The van der Waals surface area contributed by atoms with E-state index < -0.39 is 0 Å². The Bertz CT molecular complexity index is 1030. The van der Waals surface area contributed by atoms with Crippen molar-refractivity contribution >= 4 is 11.8 Å².